The van der Waals surface area contributed by atoms with Crippen LogP contribution < -0.4 is 15.3 Å². The first kappa shape index (κ1) is 24.8. The fraction of sp³-hybridized carbons (Fsp3) is 0.185. The Morgan fingerprint density at radius 1 is 1.00 bits per heavy atom. The molecule has 0 saturated heterocycles. The summed E-state index contributed by atoms with van der Waals surface area (Å²) in [6.07, 6.45) is 0.595. The number of hydrogen-bond donors (Lipinski definition) is 0. The second-order valence-corrected chi connectivity index (χ2v) is 8.83. The standard InChI is InChI=1S/C27H22Cl2FNO4/c1-3-8-17-18-14-22(29)25(35-27(33)31(2)16-9-5-4-6-10-16)15-24(18)34-26(32)19(17)13-20-21(28)11-7-12-23(20)30/h4-7,9-12,14-15H,3,8,13H2,1-2H3. The highest BCUT2D eigenvalue weighted by Crippen LogP contribution is 2.34. The van der Waals surface area contributed by atoms with Crippen LogP contribution in [0.4, 0.5) is 14.9 Å². The lowest BCUT2D eigenvalue weighted by atomic mass is 9.95. The molecule has 5 nitrogen and oxygen atoms in total. The summed E-state index contributed by atoms with van der Waals surface area (Å²) >= 11 is 12.7. The van der Waals surface area contributed by atoms with Gasteiger partial charge in [0, 0.05) is 46.8 Å². The number of rotatable bonds is 6. The van der Waals surface area contributed by atoms with Crippen molar-refractivity contribution in [3.63, 3.8) is 0 Å². The molecule has 8 heteroatoms. The zero-order valence-electron chi connectivity index (χ0n) is 19.1. The fourth-order valence-corrected chi connectivity index (χ4v) is 4.32. The number of aryl methyl sites for hydroxylation is 1. The number of para-hydroxylation sites is 1. The Balaban J connectivity index is 1.75. The molecule has 1 heterocycles. The maximum atomic E-state index is 14.4. The van der Waals surface area contributed by atoms with E-state index in [1.807, 2.05) is 13.0 Å². The summed E-state index contributed by atoms with van der Waals surface area (Å²) in [7, 11) is 1.58. The van der Waals surface area contributed by atoms with Crippen LogP contribution in [0.3, 0.4) is 0 Å². The van der Waals surface area contributed by atoms with Crippen LogP contribution in [-0.2, 0) is 12.8 Å². The summed E-state index contributed by atoms with van der Waals surface area (Å²) in [5.41, 5.74) is 1.48. The van der Waals surface area contributed by atoms with E-state index in [0.717, 1.165) is 6.42 Å². The molecule has 0 aliphatic carbocycles. The van der Waals surface area contributed by atoms with E-state index in [1.54, 1.807) is 43.4 Å². The Bertz CT molecular complexity index is 1430. The quantitative estimate of drug-likeness (QED) is 0.251. The van der Waals surface area contributed by atoms with Crippen LogP contribution in [0.25, 0.3) is 11.0 Å². The van der Waals surface area contributed by atoms with Crippen molar-refractivity contribution in [2.24, 2.45) is 0 Å². The molecule has 180 valence electrons. The van der Waals surface area contributed by atoms with Gasteiger partial charge in [-0.3, -0.25) is 4.90 Å². The number of nitrogens with zero attached hydrogens (tertiary/aromatic N) is 1. The average molecular weight is 514 g/mol. The number of ether oxygens (including phenoxy) is 1. The fourth-order valence-electron chi connectivity index (χ4n) is 3.89. The van der Waals surface area contributed by atoms with Gasteiger partial charge in [-0.25, -0.2) is 14.0 Å². The highest BCUT2D eigenvalue weighted by molar-refractivity contribution is 6.33. The number of benzene rings is 3. The van der Waals surface area contributed by atoms with E-state index >= 15 is 0 Å². The summed E-state index contributed by atoms with van der Waals surface area (Å²) < 4.78 is 25.5. The predicted molar refractivity (Wildman–Crippen MR) is 137 cm³/mol. The van der Waals surface area contributed by atoms with E-state index in [-0.39, 0.29) is 33.4 Å². The topological polar surface area (TPSA) is 59.8 Å². The Labute approximate surface area is 211 Å². The molecule has 0 N–H and O–H groups in total. The molecule has 0 bridgehead atoms. The van der Waals surface area contributed by atoms with E-state index in [4.69, 9.17) is 32.4 Å². The van der Waals surface area contributed by atoms with Gasteiger partial charge in [0.1, 0.15) is 11.4 Å². The van der Waals surface area contributed by atoms with Crippen molar-refractivity contribution in [1.82, 2.24) is 0 Å². The van der Waals surface area contributed by atoms with E-state index in [1.165, 1.54) is 23.1 Å². The van der Waals surface area contributed by atoms with Crippen LogP contribution in [0.15, 0.2) is 69.9 Å². The molecule has 0 aliphatic heterocycles. The average Bonchev–Trinajstić information content (AvgIpc) is 2.84. The van der Waals surface area contributed by atoms with Crippen LogP contribution in [0.1, 0.15) is 30.0 Å². The number of carbonyl (C=O) groups excluding carboxylic acids is 1. The minimum Gasteiger partial charge on any atom is -0.422 e. The van der Waals surface area contributed by atoms with Crippen LogP contribution in [-0.4, -0.2) is 13.1 Å². The third kappa shape index (κ3) is 5.19. The van der Waals surface area contributed by atoms with Crippen LogP contribution in [0.2, 0.25) is 10.0 Å². The number of amides is 1. The van der Waals surface area contributed by atoms with Crippen molar-refractivity contribution in [3.05, 3.63) is 104 Å². The molecular weight excluding hydrogens is 492 g/mol. The third-order valence-electron chi connectivity index (χ3n) is 5.70. The first-order chi connectivity index (χ1) is 16.8. The lowest BCUT2D eigenvalue weighted by Crippen LogP contribution is -2.29. The number of halogens is 3. The first-order valence-electron chi connectivity index (χ1n) is 11.0. The SMILES string of the molecule is CCCc1c(Cc2c(F)cccc2Cl)c(=O)oc2cc(OC(=O)N(C)c3ccccc3)c(Cl)cc12. The lowest BCUT2D eigenvalue weighted by Gasteiger charge is -2.18. The first-order valence-corrected chi connectivity index (χ1v) is 11.8. The van der Waals surface area contributed by atoms with Crippen molar-refractivity contribution >= 4 is 46.0 Å². The largest absolute Gasteiger partial charge is 0.422 e. The van der Waals surface area contributed by atoms with Crippen LogP contribution in [0.5, 0.6) is 5.75 Å². The third-order valence-corrected chi connectivity index (χ3v) is 6.35. The normalized spacial score (nSPS) is 11.0. The highest BCUT2D eigenvalue weighted by atomic mass is 35.5. The Morgan fingerprint density at radius 3 is 2.43 bits per heavy atom. The summed E-state index contributed by atoms with van der Waals surface area (Å²) in [5, 5.41) is 0.998. The Kier molecular flexibility index (Phi) is 7.43. The summed E-state index contributed by atoms with van der Waals surface area (Å²) in [5.74, 6) is -0.440. The molecule has 1 amide bonds. The molecule has 35 heavy (non-hydrogen) atoms. The molecule has 0 spiro atoms. The van der Waals surface area contributed by atoms with Gasteiger partial charge in [-0.05, 0) is 42.3 Å². The maximum Gasteiger partial charge on any atom is 0.419 e. The van der Waals surface area contributed by atoms with Crippen molar-refractivity contribution in [2.45, 2.75) is 26.2 Å². The molecule has 0 fully saturated rings. The summed E-state index contributed by atoms with van der Waals surface area (Å²) in [6.45, 7) is 1.97. The lowest BCUT2D eigenvalue weighted by molar-refractivity contribution is 0.209. The summed E-state index contributed by atoms with van der Waals surface area (Å²) in [4.78, 5) is 27.0. The van der Waals surface area contributed by atoms with Gasteiger partial charge in [0.25, 0.3) is 0 Å². The number of hydrogen-bond acceptors (Lipinski definition) is 4. The second-order valence-electron chi connectivity index (χ2n) is 8.01. The minimum absolute atomic E-state index is 0.0185. The molecule has 4 rings (SSSR count). The molecule has 0 aliphatic rings. The van der Waals surface area contributed by atoms with Crippen LogP contribution >= 0.6 is 23.2 Å². The van der Waals surface area contributed by atoms with E-state index in [2.05, 4.69) is 0 Å². The number of carbonyl (C=O) groups is 1. The van der Waals surface area contributed by atoms with E-state index < -0.39 is 17.5 Å². The zero-order valence-corrected chi connectivity index (χ0v) is 20.6. The number of fused-ring (bicyclic) bond motifs is 1. The van der Waals surface area contributed by atoms with Gasteiger partial charge in [0.2, 0.25) is 0 Å². The van der Waals surface area contributed by atoms with Crippen molar-refractivity contribution in [3.8, 4) is 5.75 Å². The molecule has 3 aromatic carbocycles. The van der Waals surface area contributed by atoms with Gasteiger partial charge in [0.15, 0.2) is 5.75 Å². The monoisotopic (exact) mass is 513 g/mol. The maximum absolute atomic E-state index is 14.4. The van der Waals surface area contributed by atoms with Gasteiger partial charge >= 0.3 is 11.7 Å². The second kappa shape index (κ2) is 10.5. The molecule has 1 aromatic heterocycles. The van der Waals surface area contributed by atoms with Crippen LogP contribution in [0, 0.1) is 5.82 Å². The molecule has 0 saturated carbocycles. The smallest absolute Gasteiger partial charge is 0.419 e. The highest BCUT2D eigenvalue weighted by Gasteiger charge is 2.21. The molecular formula is C27H22Cl2FNO4. The minimum atomic E-state index is -0.653. The molecule has 4 aromatic rings. The Morgan fingerprint density at radius 2 is 1.74 bits per heavy atom. The van der Waals surface area contributed by atoms with E-state index in [0.29, 0.717) is 28.6 Å². The Hall–Kier alpha value is -3.35. The molecule has 0 atom stereocenters. The van der Waals surface area contributed by atoms with Crippen molar-refractivity contribution in [2.75, 3.05) is 11.9 Å². The molecule has 0 unspecified atom stereocenters. The molecule has 0 radical (unpaired) electrons. The van der Waals surface area contributed by atoms with Gasteiger partial charge in [-0.1, -0.05) is 60.8 Å². The van der Waals surface area contributed by atoms with Crippen molar-refractivity contribution in [1.29, 1.82) is 0 Å². The van der Waals surface area contributed by atoms with Gasteiger partial charge in [-0.15, -0.1) is 0 Å². The van der Waals surface area contributed by atoms with Gasteiger partial charge in [0.05, 0.1) is 5.02 Å². The number of anilines is 1. The van der Waals surface area contributed by atoms with Gasteiger partial charge in [-0.2, -0.15) is 0 Å². The van der Waals surface area contributed by atoms with Gasteiger partial charge < -0.3 is 9.15 Å². The zero-order chi connectivity index (χ0) is 25.1. The van der Waals surface area contributed by atoms with Crippen molar-refractivity contribution < 1.29 is 18.3 Å². The van der Waals surface area contributed by atoms with E-state index in [9.17, 15) is 14.0 Å². The summed E-state index contributed by atoms with van der Waals surface area (Å²) in [6, 6.07) is 16.4. The predicted octanol–water partition coefficient (Wildman–Crippen LogP) is 7.42.